The summed E-state index contributed by atoms with van der Waals surface area (Å²) in [6, 6.07) is 9.87. The Morgan fingerprint density at radius 3 is 2.63 bits per heavy atom. The number of pyridine rings is 2. The number of aryl methyl sites for hydroxylation is 1. The number of amides is 3. The zero-order chi connectivity index (χ0) is 41.5. The number of halogens is 1. The Balaban J connectivity index is 0.902. The van der Waals surface area contributed by atoms with Crippen molar-refractivity contribution in [3.63, 3.8) is 0 Å². The molecule has 8 rings (SSSR count). The molecule has 0 saturated carbocycles. The van der Waals surface area contributed by atoms with Crippen molar-refractivity contribution in [3.05, 3.63) is 63.8 Å². The SMILES string of the molecule is CNC(=O)COc1cc2cc(Nc3nc(N4CCN(CC5CCN(c6ccc7c(C8CCC(=O)NC8=O)nn(C)c7c6)C5)C(C)C4)ncc3Cl)cnc2n(C(C)C)c1=O. The highest BCUT2D eigenvalue weighted by Crippen LogP contribution is 2.34. The van der Waals surface area contributed by atoms with Crippen LogP contribution in [0.1, 0.15) is 57.7 Å². The van der Waals surface area contributed by atoms with Gasteiger partial charge in [-0.1, -0.05) is 11.6 Å². The van der Waals surface area contributed by atoms with Crippen molar-refractivity contribution in [2.45, 2.75) is 58.0 Å². The zero-order valence-electron chi connectivity index (χ0n) is 33.9. The first kappa shape index (κ1) is 40.0. The van der Waals surface area contributed by atoms with Crippen LogP contribution in [-0.2, 0) is 21.4 Å². The lowest BCUT2D eigenvalue weighted by atomic mass is 9.93. The maximum absolute atomic E-state index is 13.2. The number of rotatable bonds is 11. The fraction of sp³-hybridized carbons (Fsp3) is 0.463. The van der Waals surface area contributed by atoms with E-state index in [1.54, 1.807) is 23.0 Å². The third-order valence-electron chi connectivity index (χ3n) is 11.6. The van der Waals surface area contributed by atoms with Gasteiger partial charge in [-0.15, -0.1) is 0 Å². The molecule has 310 valence electrons. The molecule has 4 aromatic heterocycles. The average Bonchev–Trinajstić information content (AvgIpc) is 3.82. The van der Waals surface area contributed by atoms with Gasteiger partial charge in [0.25, 0.3) is 11.5 Å². The summed E-state index contributed by atoms with van der Waals surface area (Å²) >= 11 is 6.61. The van der Waals surface area contributed by atoms with Gasteiger partial charge in [-0.3, -0.25) is 38.6 Å². The minimum absolute atomic E-state index is 0.0562. The van der Waals surface area contributed by atoms with Gasteiger partial charge in [0.05, 0.1) is 35.2 Å². The number of carbonyl (C=O) groups is 3. The molecule has 3 amide bonds. The number of hydrogen-bond acceptors (Lipinski definition) is 13. The van der Waals surface area contributed by atoms with Gasteiger partial charge < -0.3 is 25.2 Å². The average molecular weight is 825 g/mol. The molecule has 0 bridgehead atoms. The molecule has 0 aliphatic carbocycles. The fourth-order valence-corrected chi connectivity index (χ4v) is 8.62. The van der Waals surface area contributed by atoms with Gasteiger partial charge >= 0.3 is 0 Å². The highest BCUT2D eigenvalue weighted by molar-refractivity contribution is 6.33. The Bertz CT molecular complexity index is 2500. The molecule has 18 heteroatoms. The summed E-state index contributed by atoms with van der Waals surface area (Å²) in [5.41, 5.74) is 3.58. The van der Waals surface area contributed by atoms with E-state index in [1.165, 1.54) is 7.05 Å². The molecule has 3 saturated heterocycles. The number of aromatic nitrogens is 6. The molecular weight excluding hydrogens is 776 g/mol. The summed E-state index contributed by atoms with van der Waals surface area (Å²) in [5, 5.41) is 14.9. The van der Waals surface area contributed by atoms with Gasteiger partial charge in [0.15, 0.2) is 18.2 Å². The number of benzene rings is 1. The quantitative estimate of drug-likeness (QED) is 0.164. The first-order chi connectivity index (χ1) is 28.4. The Kier molecular flexibility index (Phi) is 11.1. The van der Waals surface area contributed by atoms with Crippen molar-refractivity contribution in [2.24, 2.45) is 13.0 Å². The number of ether oxygens (including phenoxy) is 1. The van der Waals surface area contributed by atoms with Crippen LogP contribution in [0.4, 0.5) is 23.1 Å². The van der Waals surface area contributed by atoms with Gasteiger partial charge in [0.1, 0.15) is 10.7 Å². The number of piperidine rings is 1. The Labute approximate surface area is 346 Å². The lowest BCUT2D eigenvalue weighted by molar-refractivity contribution is -0.134. The van der Waals surface area contributed by atoms with Gasteiger partial charge in [-0.25, -0.2) is 9.97 Å². The number of carbonyl (C=O) groups excluding carboxylic acids is 3. The van der Waals surface area contributed by atoms with Crippen molar-refractivity contribution in [2.75, 3.05) is 68.0 Å². The van der Waals surface area contributed by atoms with Crippen LogP contribution < -0.4 is 36.0 Å². The van der Waals surface area contributed by atoms with E-state index in [4.69, 9.17) is 26.4 Å². The monoisotopic (exact) mass is 824 g/mol. The van der Waals surface area contributed by atoms with Crippen LogP contribution >= 0.6 is 11.6 Å². The summed E-state index contributed by atoms with van der Waals surface area (Å²) in [4.78, 5) is 70.6. The lowest BCUT2D eigenvalue weighted by Gasteiger charge is -2.41. The Hall–Kier alpha value is -5.81. The van der Waals surface area contributed by atoms with Gasteiger partial charge in [0, 0.05) is 88.3 Å². The van der Waals surface area contributed by atoms with E-state index >= 15 is 0 Å². The van der Waals surface area contributed by atoms with Crippen LogP contribution in [0.2, 0.25) is 5.02 Å². The van der Waals surface area contributed by atoms with E-state index in [0.717, 1.165) is 68.0 Å². The smallest absolute Gasteiger partial charge is 0.294 e. The predicted octanol–water partition coefficient (Wildman–Crippen LogP) is 3.73. The molecule has 3 atom stereocenters. The maximum atomic E-state index is 13.2. The van der Waals surface area contributed by atoms with E-state index in [9.17, 15) is 19.2 Å². The molecule has 5 aromatic rings. The second-order valence-corrected chi connectivity index (χ2v) is 16.4. The minimum atomic E-state index is -0.424. The molecule has 1 aromatic carbocycles. The molecule has 7 heterocycles. The molecule has 17 nitrogen and oxygen atoms in total. The van der Waals surface area contributed by atoms with E-state index in [0.29, 0.717) is 52.3 Å². The van der Waals surface area contributed by atoms with Crippen molar-refractivity contribution in [3.8, 4) is 5.75 Å². The molecule has 59 heavy (non-hydrogen) atoms. The molecule has 0 radical (unpaired) electrons. The molecule has 3 N–H and O–H groups in total. The minimum Gasteiger partial charge on any atom is -0.478 e. The normalized spacial score (nSPS) is 20.2. The first-order valence-electron chi connectivity index (χ1n) is 20.1. The topological polar surface area (TPSA) is 185 Å². The number of anilines is 4. The van der Waals surface area contributed by atoms with Crippen LogP contribution in [0.3, 0.4) is 0 Å². The predicted molar refractivity (Wildman–Crippen MR) is 226 cm³/mol. The Morgan fingerprint density at radius 2 is 1.86 bits per heavy atom. The number of nitrogens with zero attached hydrogens (tertiary/aromatic N) is 9. The second-order valence-electron chi connectivity index (χ2n) is 16.0. The molecule has 0 spiro atoms. The molecule has 3 aliphatic heterocycles. The highest BCUT2D eigenvalue weighted by atomic mass is 35.5. The number of fused-ring (bicyclic) bond motifs is 2. The number of piperazine rings is 1. The van der Waals surface area contributed by atoms with Crippen LogP contribution in [0.5, 0.6) is 5.75 Å². The van der Waals surface area contributed by atoms with Gasteiger partial charge in [-0.2, -0.15) is 10.1 Å². The summed E-state index contributed by atoms with van der Waals surface area (Å²) in [6.45, 7) is 11.0. The summed E-state index contributed by atoms with van der Waals surface area (Å²) in [5.74, 6) is 0.310. The molecule has 3 fully saturated rings. The van der Waals surface area contributed by atoms with Crippen molar-refractivity contribution >= 4 is 74.4 Å². The second kappa shape index (κ2) is 16.4. The molecule has 3 aliphatic rings. The van der Waals surface area contributed by atoms with Crippen LogP contribution in [0.15, 0.2) is 47.5 Å². The van der Waals surface area contributed by atoms with E-state index in [1.807, 2.05) is 31.6 Å². The van der Waals surface area contributed by atoms with Crippen LogP contribution in [0.25, 0.3) is 21.9 Å². The van der Waals surface area contributed by atoms with Crippen molar-refractivity contribution in [1.29, 1.82) is 0 Å². The standard InChI is InChI=1S/C41H49ClN12O5/c1-23(2)54-38-26(15-33(40(54)58)59-22-35(56)43-4)14-27(17-44-38)46-37-31(42)18-45-41(48-37)53-13-12-51(24(3)19-53)20-25-10-11-52(21-25)28-6-7-29-32(16-28)50(5)49-36(29)30-8-9-34(55)47-39(30)57/h6-7,14-18,23-25,30H,8-13,19-22H2,1-5H3,(H,43,56)(H,45,46,48)(H,47,55,57). The summed E-state index contributed by atoms with van der Waals surface area (Å²) in [7, 11) is 3.41. The number of nitrogens with one attached hydrogen (secondary N) is 3. The van der Waals surface area contributed by atoms with Gasteiger partial charge in [0.2, 0.25) is 17.8 Å². The van der Waals surface area contributed by atoms with E-state index in [-0.39, 0.29) is 47.7 Å². The highest BCUT2D eigenvalue weighted by Gasteiger charge is 2.33. The number of imide groups is 1. The largest absolute Gasteiger partial charge is 0.478 e. The fourth-order valence-electron chi connectivity index (χ4n) is 8.48. The summed E-state index contributed by atoms with van der Waals surface area (Å²) < 4.78 is 8.98. The third kappa shape index (κ3) is 8.13. The van der Waals surface area contributed by atoms with Crippen LogP contribution in [-0.4, -0.2) is 111 Å². The summed E-state index contributed by atoms with van der Waals surface area (Å²) in [6.07, 6.45) is 5.12. The maximum Gasteiger partial charge on any atom is 0.294 e. The molecular formula is C41H49ClN12O5. The van der Waals surface area contributed by atoms with Crippen molar-refractivity contribution < 1.29 is 19.1 Å². The third-order valence-corrected chi connectivity index (χ3v) is 11.9. The van der Waals surface area contributed by atoms with Crippen molar-refractivity contribution in [1.82, 2.24) is 44.8 Å². The zero-order valence-corrected chi connectivity index (χ0v) is 34.6. The number of likely N-dealkylation sites (N-methyl/N-ethyl adjacent to an activating group) is 1. The molecule has 3 unspecified atom stereocenters. The van der Waals surface area contributed by atoms with E-state index in [2.05, 4.69) is 65.7 Å². The van der Waals surface area contributed by atoms with Crippen LogP contribution in [0, 0.1) is 5.92 Å². The number of hydrogen-bond donors (Lipinski definition) is 3. The lowest BCUT2D eigenvalue weighted by Crippen LogP contribution is -2.53. The van der Waals surface area contributed by atoms with E-state index < -0.39 is 5.92 Å². The van der Waals surface area contributed by atoms with Gasteiger partial charge in [-0.05, 0) is 69.9 Å². The first-order valence-corrected chi connectivity index (χ1v) is 20.5. The Morgan fingerprint density at radius 1 is 1.03 bits per heavy atom.